The van der Waals surface area contributed by atoms with Crippen molar-refractivity contribution < 1.29 is 14.6 Å². The highest BCUT2D eigenvalue weighted by atomic mass is 16.5. The lowest BCUT2D eigenvalue weighted by Crippen LogP contribution is -2.33. The number of benzene rings is 1. The highest BCUT2D eigenvalue weighted by Gasteiger charge is 2.35. The van der Waals surface area contributed by atoms with Crippen molar-refractivity contribution in [3.05, 3.63) is 29.8 Å². The predicted molar refractivity (Wildman–Crippen MR) is 112 cm³/mol. The lowest BCUT2D eigenvalue weighted by Gasteiger charge is -2.29. The van der Waals surface area contributed by atoms with Crippen LogP contribution in [-0.2, 0) is 4.74 Å². The van der Waals surface area contributed by atoms with E-state index < -0.39 is 0 Å². The van der Waals surface area contributed by atoms with Gasteiger partial charge in [0.05, 0.1) is 6.61 Å². The smallest absolute Gasteiger partial charge is 0.253 e. The molecule has 1 N–H and O–H groups in total. The molecule has 0 spiro atoms. The topological polar surface area (TPSA) is 56.2 Å². The quantitative estimate of drug-likeness (QED) is 0.736. The molecule has 0 radical (unpaired) electrons. The van der Waals surface area contributed by atoms with Crippen LogP contribution in [0, 0.1) is 11.8 Å². The van der Waals surface area contributed by atoms with Crippen molar-refractivity contribution in [3.63, 3.8) is 0 Å². The standard InChI is InChI=1S/C22H35N3O3/c1-23(12-13-28-2)14-19-15-25(16-20(19)17-26)22(27)18-6-8-21(9-7-18)24-10-4-3-5-11-24/h6-9,19-20,26H,3-5,10-17H2,1-2H3/t19-,20-/m1/s1. The first-order chi connectivity index (χ1) is 13.6. The van der Waals surface area contributed by atoms with E-state index in [-0.39, 0.29) is 18.4 Å². The molecule has 0 bridgehead atoms. The van der Waals surface area contributed by atoms with Crippen LogP contribution in [0.15, 0.2) is 24.3 Å². The number of methoxy groups -OCH3 is 1. The molecule has 156 valence electrons. The lowest BCUT2D eigenvalue weighted by atomic mass is 9.96. The number of carbonyl (C=O) groups excluding carboxylic acids is 1. The van der Waals surface area contributed by atoms with Crippen LogP contribution < -0.4 is 4.90 Å². The van der Waals surface area contributed by atoms with Gasteiger partial charge in [-0.15, -0.1) is 0 Å². The Balaban J connectivity index is 1.59. The normalized spacial score (nSPS) is 22.9. The SMILES string of the molecule is COCCN(C)C[C@@H]1CN(C(=O)c2ccc(N3CCCCC3)cc2)C[C@@H]1CO. The van der Waals surface area contributed by atoms with Crippen LogP contribution in [0.1, 0.15) is 29.6 Å². The fourth-order valence-electron chi connectivity index (χ4n) is 4.41. The number of amides is 1. The Morgan fingerprint density at radius 1 is 1.14 bits per heavy atom. The molecular weight excluding hydrogens is 354 g/mol. The molecule has 2 fully saturated rings. The minimum Gasteiger partial charge on any atom is -0.396 e. The van der Waals surface area contributed by atoms with E-state index >= 15 is 0 Å². The number of nitrogens with zero attached hydrogens (tertiary/aromatic N) is 3. The first-order valence-corrected chi connectivity index (χ1v) is 10.5. The number of piperidine rings is 1. The molecule has 1 aromatic carbocycles. The third-order valence-electron chi connectivity index (χ3n) is 6.16. The number of hydrogen-bond acceptors (Lipinski definition) is 5. The summed E-state index contributed by atoms with van der Waals surface area (Å²) < 4.78 is 5.14. The monoisotopic (exact) mass is 389 g/mol. The molecule has 2 saturated heterocycles. The molecule has 28 heavy (non-hydrogen) atoms. The fraction of sp³-hybridized carbons (Fsp3) is 0.682. The average molecular weight is 390 g/mol. The summed E-state index contributed by atoms with van der Waals surface area (Å²) in [5.74, 6) is 0.510. The minimum absolute atomic E-state index is 0.0747. The van der Waals surface area contributed by atoms with Crippen LogP contribution in [0.5, 0.6) is 0 Å². The Morgan fingerprint density at radius 2 is 1.82 bits per heavy atom. The van der Waals surface area contributed by atoms with Gasteiger partial charge in [0.2, 0.25) is 0 Å². The molecule has 2 aliphatic heterocycles. The first kappa shape index (κ1) is 21.1. The van der Waals surface area contributed by atoms with Crippen molar-refractivity contribution in [1.29, 1.82) is 0 Å². The van der Waals surface area contributed by atoms with E-state index in [1.165, 1.54) is 24.9 Å². The van der Waals surface area contributed by atoms with Gasteiger partial charge in [0.15, 0.2) is 0 Å². The Hall–Kier alpha value is -1.63. The van der Waals surface area contributed by atoms with Crippen molar-refractivity contribution in [1.82, 2.24) is 9.80 Å². The summed E-state index contributed by atoms with van der Waals surface area (Å²) in [6, 6.07) is 8.07. The number of ether oxygens (including phenoxy) is 1. The Morgan fingerprint density at radius 3 is 2.46 bits per heavy atom. The molecule has 1 aromatic rings. The van der Waals surface area contributed by atoms with E-state index in [0.717, 1.165) is 31.7 Å². The van der Waals surface area contributed by atoms with Gasteiger partial charge in [-0.1, -0.05) is 0 Å². The van der Waals surface area contributed by atoms with Crippen LogP contribution in [0.25, 0.3) is 0 Å². The summed E-state index contributed by atoms with van der Waals surface area (Å²) in [5, 5.41) is 9.79. The van der Waals surface area contributed by atoms with Crippen LogP contribution in [-0.4, -0.2) is 87.5 Å². The number of carbonyl (C=O) groups is 1. The van der Waals surface area contributed by atoms with Crippen LogP contribution in [0.2, 0.25) is 0 Å². The maximum Gasteiger partial charge on any atom is 0.253 e. The second kappa shape index (κ2) is 10.2. The van der Waals surface area contributed by atoms with Gasteiger partial charge in [-0.2, -0.15) is 0 Å². The van der Waals surface area contributed by atoms with Gasteiger partial charge < -0.3 is 24.5 Å². The van der Waals surface area contributed by atoms with Crippen LogP contribution in [0.3, 0.4) is 0 Å². The van der Waals surface area contributed by atoms with Gasteiger partial charge in [-0.25, -0.2) is 0 Å². The number of likely N-dealkylation sites (tertiary alicyclic amines) is 1. The molecule has 3 rings (SSSR count). The molecule has 2 aliphatic rings. The maximum absolute atomic E-state index is 13.0. The third-order valence-corrected chi connectivity index (χ3v) is 6.16. The van der Waals surface area contributed by atoms with Gasteiger partial charge >= 0.3 is 0 Å². The second-order valence-corrected chi connectivity index (χ2v) is 8.26. The second-order valence-electron chi connectivity index (χ2n) is 8.26. The van der Waals surface area contributed by atoms with Gasteiger partial charge in [-0.05, 0) is 56.5 Å². The molecule has 0 saturated carbocycles. The third kappa shape index (κ3) is 5.25. The molecule has 2 atom stereocenters. The number of hydrogen-bond donors (Lipinski definition) is 1. The molecule has 0 unspecified atom stereocenters. The average Bonchev–Trinajstić information content (AvgIpc) is 3.15. The summed E-state index contributed by atoms with van der Waals surface area (Å²) >= 11 is 0. The van der Waals surface area contributed by atoms with Gasteiger partial charge in [-0.3, -0.25) is 4.79 Å². The van der Waals surface area contributed by atoms with E-state index in [1.807, 2.05) is 17.0 Å². The van der Waals surface area contributed by atoms with E-state index in [1.54, 1.807) is 7.11 Å². The summed E-state index contributed by atoms with van der Waals surface area (Å²) in [7, 11) is 3.77. The zero-order chi connectivity index (χ0) is 19.9. The zero-order valence-electron chi connectivity index (χ0n) is 17.3. The van der Waals surface area contributed by atoms with Crippen LogP contribution in [0.4, 0.5) is 5.69 Å². The number of anilines is 1. The van der Waals surface area contributed by atoms with Gasteiger partial charge in [0, 0.05) is 70.2 Å². The number of aliphatic hydroxyl groups excluding tert-OH is 1. The minimum atomic E-state index is 0.0747. The lowest BCUT2D eigenvalue weighted by molar-refractivity contribution is 0.0778. The summed E-state index contributed by atoms with van der Waals surface area (Å²) in [4.78, 5) is 19.5. The van der Waals surface area contributed by atoms with E-state index in [0.29, 0.717) is 25.6 Å². The summed E-state index contributed by atoms with van der Waals surface area (Å²) in [6.07, 6.45) is 3.81. The van der Waals surface area contributed by atoms with E-state index in [9.17, 15) is 9.90 Å². The van der Waals surface area contributed by atoms with Crippen molar-refractivity contribution >= 4 is 11.6 Å². The van der Waals surface area contributed by atoms with E-state index in [4.69, 9.17) is 4.74 Å². The Kier molecular flexibility index (Phi) is 7.71. The molecule has 2 heterocycles. The maximum atomic E-state index is 13.0. The molecule has 0 aliphatic carbocycles. The van der Waals surface area contributed by atoms with Crippen molar-refractivity contribution in [2.75, 3.05) is 71.5 Å². The number of aliphatic hydroxyl groups is 1. The molecular formula is C22H35N3O3. The van der Waals surface area contributed by atoms with Crippen molar-refractivity contribution in [2.45, 2.75) is 19.3 Å². The summed E-state index contributed by atoms with van der Waals surface area (Å²) in [6.45, 7) is 6.09. The van der Waals surface area contributed by atoms with E-state index in [2.05, 4.69) is 29.0 Å². The van der Waals surface area contributed by atoms with Crippen molar-refractivity contribution in [3.8, 4) is 0 Å². The predicted octanol–water partition coefficient (Wildman–Crippen LogP) is 1.94. The van der Waals surface area contributed by atoms with Gasteiger partial charge in [0.1, 0.15) is 0 Å². The largest absolute Gasteiger partial charge is 0.396 e. The Bertz CT molecular complexity index is 616. The first-order valence-electron chi connectivity index (χ1n) is 10.5. The summed E-state index contributed by atoms with van der Waals surface area (Å²) in [5.41, 5.74) is 1.95. The fourth-order valence-corrected chi connectivity index (χ4v) is 4.41. The van der Waals surface area contributed by atoms with Crippen LogP contribution >= 0.6 is 0 Å². The highest BCUT2D eigenvalue weighted by molar-refractivity contribution is 5.94. The number of likely N-dealkylation sites (N-methyl/N-ethyl adjacent to an activating group) is 1. The molecule has 0 aromatic heterocycles. The molecule has 6 heteroatoms. The van der Waals surface area contributed by atoms with Gasteiger partial charge in [0.25, 0.3) is 5.91 Å². The Labute approximate surface area is 169 Å². The molecule has 1 amide bonds. The highest BCUT2D eigenvalue weighted by Crippen LogP contribution is 2.26. The van der Waals surface area contributed by atoms with Crippen molar-refractivity contribution in [2.24, 2.45) is 11.8 Å². The zero-order valence-corrected chi connectivity index (χ0v) is 17.3. The molecule has 6 nitrogen and oxygen atoms in total. The number of rotatable bonds is 8.